The summed E-state index contributed by atoms with van der Waals surface area (Å²) in [5, 5.41) is 3.22. The minimum Gasteiger partial charge on any atom is -0.396 e. The summed E-state index contributed by atoms with van der Waals surface area (Å²) in [5.74, 6) is 1.18. The van der Waals surface area contributed by atoms with E-state index in [1.54, 1.807) is 6.07 Å². The van der Waals surface area contributed by atoms with E-state index in [2.05, 4.69) is 29.3 Å². The van der Waals surface area contributed by atoms with E-state index in [4.69, 9.17) is 11.5 Å². The fourth-order valence-electron chi connectivity index (χ4n) is 1.35. The van der Waals surface area contributed by atoms with Crippen LogP contribution < -0.4 is 16.8 Å². The molecule has 1 heterocycles. The van der Waals surface area contributed by atoms with Crippen molar-refractivity contribution < 1.29 is 0 Å². The molecule has 1 aromatic heterocycles. The summed E-state index contributed by atoms with van der Waals surface area (Å²) in [6.07, 6.45) is 2.29. The van der Waals surface area contributed by atoms with Crippen LogP contribution in [0.3, 0.4) is 0 Å². The van der Waals surface area contributed by atoms with Crippen molar-refractivity contribution in [1.82, 2.24) is 9.88 Å². The molecule has 0 bridgehead atoms. The van der Waals surface area contributed by atoms with E-state index in [-0.39, 0.29) is 0 Å². The summed E-state index contributed by atoms with van der Waals surface area (Å²) >= 11 is 0. The van der Waals surface area contributed by atoms with Gasteiger partial charge in [0.25, 0.3) is 0 Å². The Balaban J connectivity index is 2.24. The van der Waals surface area contributed by atoms with Crippen molar-refractivity contribution in [1.29, 1.82) is 0 Å². The second-order valence-electron chi connectivity index (χ2n) is 4.11. The van der Waals surface area contributed by atoms with Crippen LogP contribution in [0.1, 0.15) is 12.8 Å². The zero-order valence-corrected chi connectivity index (χ0v) is 10.0. The highest BCUT2D eigenvalue weighted by atomic mass is 15.1. The minimum absolute atomic E-state index is 0.387. The predicted octanol–water partition coefficient (Wildman–Crippen LogP) is 1.000. The Bertz CT molecular complexity index is 324. The van der Waals surface area contributed by atoms with Gasteiger partial charge >= 0.3 is 0 Å². The van der Waals surface area contributed by atoms with E-state index in [1.807, 2.05) is 6.07 Å². The molecule has 0 aliphatic heterocycles. The van der Waals surface area contributed by atoms with Gasteiger partial charge in [-0.25, -0.2) is 4.98 Å². The quantitative estimate of drug-likeness (QED) is 0.627. The number of nitrogens with two attached hydrogens (primary N) is 2. The van der Waals surface area contributed by atoms with Crippen LogP contribution in [0.15, 0.2) is 12.1 Å². The molecular formula is C11H21N5. The van der Waals surface area contributed by atoms with Crippen LogP contribution in [0, 0.1) is 0 Å². The predicted molar refractivity (Wildman–Crippen MR) is 69.3 cm³/mol. The monoisotopic (exact) mass is 223 g/mol. The van der Waals surface area contributed by atoms with Gasteiger partial charge in [0.1, 0.15) is 11.6 Å². The van der Waals surface area contributed by atoms with Gasteiger partial charge in [0, 0.05) is 6.54 Å². The number of hydrogen-bond acceptors (Lipinski definition) is 5. The Morgan fingerprint density at radius 1 is 1.25 bits per heavy atom. The molecule has 0 aromatic carbocycles. The first-order valence-corrected chi connectivity index (χ1v) is 5.50. The van der Waals surface area contributed by atoms with Crippen LogP contribution in [-0.4, -0.2) is 37.1 Å². The summed E-state index contributed by atoms with van der Waals surface area (Å²) in [7, 11) is 4.16. The van der Waals surface area contributed by atoms with Crippen LogP contribution in [-0.2, 0) is 0 Å². The molecule has 1 rings (SSSR count). The topological polar surface area (TPSA) is 80.2 Å². The minimum atomic E-state index is 0.387. The summed E-state index contributed by atoms with van der Waals surface area (Å²) in [6, 6.07) is 3.61. The summed E-state index contributed by atoms with van der Waals surface area (Å²) in [6.45, 7) is 2.02. The lowest BCUT2D eigenvalue weighted by molar-refractivity contribution is 0.396. The molecule has 5 nitrogen and oxygen atoms in total. The van der Waals surface area contributed by atoms with Crippen molar-refractivity contribution in [3.05, 3.63) is 12.1 Å². The zero-order valence-electron chi connectivity index (χ0n) is 10.0. The van der Waals surface area contributed by atoms with Crippen LogP contribution in [0.5, 0.6) is 0 Å². The molecule has 5 N–H and O–H groups in total. The molecule has 0 amide bonds. The molecule has 0 saturated carbocycles. The number of hydrogen-bond donors (Lipinski definition) is 3. The van der Waals surface area contributed by atoms with E-state index in [9.17, 15) is 0 Å². The Kier molecular flexibility index (Phi) is 4.85. The molecular weight excluding hydrogens is 202 g/mol. The molecule has 0 aliphatic carbocycles. The van der Waals surface area contributed by atoms with Gasteiger partial charge in [0.15, 0.2) is 0 Å². The SMILES string of the molecule is CN(C)CCCCNc1ccc(N)c(N)n1. The van der Waals surface area contributed by atoms with Gasteiger partial charge in [-0.3, -0.25) is 0 Å². The molecule has 0 aliphatic rings. The first-order chi connectivity index (χ1) is 7.59. The van der Waals surface area contributed by atoms with E-state index < -0.39 is 0 Å². The van der Waals surface area contributed by atoms with E-state index in [0.717, 1.165) is 25.3 Å². The molecule has 0 spiro atoms. The lowest BCUT2D eigenvalue weighted by Gasteiger charge is -2.10. The van der Waals surface area contributed by atoms with Crippen molar-refractivity contribution in [2.24, 2.45) is 0 Å². The van der Waals surface area contributed by atoms with Crippen molar-refractivity contribution in [3.63, 3.8) is 0 Å². The summed E-state index contributed by atoms with van der Waals surface area (Å²) in [4.78, 5) is 6.32. The fraction of sp³-hybridized carbons (Fsp3) is 0.545. The average Bonchev–Trinajstić information content (AvgIpc) is 2.22. The van der Waals surface area contributed by atoms with E-state index in [1.165, 1.54) is 6.42 Å². The maximum Gasteiger partial charge on any atom is 0.149 e. The number of nitrogen functional groups attached to an aromatic ring is 2. The highest BCUT2D eigenvalue weighted by molar-refractivity contribution is 5.61. The summed E-state index contributed by atoms with van der Waals surface area (Å²) < 4.78 is 0. The number of nitrogens with zero attached hydrogens (tertiary/aromatic N) is 2. The van der Waals surface area contributed by atoms with Crippen LogP contribution in [0.25, 0.3) is 0 Å². The van der Waals surface area contributed by atoms with Gasteiger partial charge < -0.3 is 21.7 Å². The van der Waals surface area contributed by atoms with Crippen LogP contribution in [0.2, 0.25) is 0 Å². The maximum absolute atomic E-state index is 5.61. The van der Waals surface area contributed by atoms with Gasteiger partial charge in [-0.05, 0) is 45.6 Å². The van der Waals surface area contributed by atoms with Gasteiger partial charge in [-0.1, -0.05) is 0 Å². The lowest BCUT2D eigenvalue weighted by Crippen LogP contribution is -2.14. The zero-order chi connectivity index (χ0) is 12.0. The normalized spacial score (nSPS) is 10.7. The first kappa shape index (κ1) is 12.6. The number of aromatic nitrogens is 1. The number of pyridine rings is 1. The fourth-order valence-corrected chi connectivity index (χ4v) is 1.35. The number of rotatable bonds is 6. The Hall–Kier alpha value is -1.49. The van der Waals surface area contributed by atoms with Gasteiger partial charge in [-0.2, -0.15) is 0 Å². The third kappa shape index (κ3) is 4.35. The van der Waals surface area contributed by atoms with E-state index in [0.29, 0.717) is 11.5 Å². The van der Waals surface area contributed by atoms with Crippen molar-refractivity contribution >= 4 is 17.3 Å². The maximum atomic E-state index is 5.61. The third-order valence-electron chi connectivity index (χ3n) is 2.30. The van der Waals surface area contributed by atoms with Crippen LogP contribution >= 0.6 is 0 Å². The van der Waals surface area contributed by atoms with Crippen molar-refractivity contribution in [2.45, 2.75) is 12.8 Å². The molecule has 0 fully saturated rings. The second-order valence-corrected chi connectivity index (χ2v) is 4.11. The molecule has 0 atom stereocenters. The lowest BCUT2D eigenvalue weighted by atomic mass is 10.3. The molecule has 90 valence electrons. The van der Waals surface area contributed by atoms with Gasteiger partial charge in [0.05, 0.1) is 5.69 Å². The summed E-state index contributed by atoms with van der Waals surface area (Å²) in [5.41, 5.74) is 11.7. The van der Waals surface area contributed by atoms with Gasteiger partial charge in [-0.15, -0.1) is 0 Å². The third-order valence-corrected chi connectivity index (χ3v) is 2.30. The molecule has 5 heteroatoms. The highest BCUT2D eigenvalue weighted by Crippen LogP contribution is 2.14. The van der Waals surface area contributed by atoms with Crippen molar-refractivity contribution in [3.8, 4) is 0 Å². The average molecular weight is 223 g/mol. The number of unbranched alkanes of at least 4 members (excludes halogenated alkanes) is 1. The smallest absolute Gasteiger partial charge is 0.149 e. The molecule has 0 radical (unpaired) electrons. The molecule has 0 saturated heterocycles. The standard InChI is InChI=1S/C11H21N5/c1-16(2)8-4-3-7-14-10-6-5-9(12)11(13)15-10/h5-6H,3-4,7-8,12H2,1-2H3,(H3,13,14,15). The highest BCUT2D eigenvalue weighted by Gasteiger charge is 1.98. The largest absolute Gasteiger partial charge is 0.396 e. The first-order valence-electron chi connectivity index (χ1n) is 5.50. The molecule has 16 heavy (non-hydrogen) atoms. The number of nitrogens with one attached hydrogen (secondary N) is 1. The molecule has 0 unspecified atom stereocenters. The Labute approximate surface area is 96.8 Å². The van der Waals surface area contributed by atoms with Crippen LogP contribution in [0.4, 0.5) is 17.3 Å². The number of anilines is 3. The Morgan fingerprint density at radius 3 is 2.62 bits per heavy atom. The second kappa shape index (κ2) is 6.17. The van der Waals surface area contributed by atoms with E-state index >= 15 is 0 Å². The molecule has 1 aromatic rings. The Morgan fingerprint density at radius 2 is 2.00 bits per heavy atom. The van der Waals surface area contributed by atoms with Crippen molar-refractivity contribution in [2.75, 3.05) is 44.0 Å². The van der Waals surface area contributed by atoms with Gasteiger partial charge in [0.2, 0.25) is 0 Å².